The van der Waals surface area contributed by atoms with E-state index in [4.69, 9.17) is 4.42 Å². The fourth-order valence-corrected chi connectivity index (χ4v) is 1.98. The van der Waals surface area contributed by atoms with E-state index in [1.807, 2.05) is 25.2 Å². The van der Waals surface area contributed by atoms with Crippen molar-refractivity contribution in [2.24, 2.45) is 0 Å². The lowest BCUT2D eigenvalue weighted by Gasteiger charge is -2.19. The van der Waals surface area contributed by atoms with Crippen LogP contribution in [0, 0.1) is 0 Å². The first-order valence-corrected chi connectivity index (χ1v) is 7.18. The van der Waals surface area contributed by atoms with Crippen LogP contribution in [0.4, 0.5) is 5.69 Å². The summed E-state index contributed by atoms with van der Waals surface area (Å²) in [6.45, 7) is 3.49. The highest BCUT2D eigenvalue weighted by atomic mass is 16.3. The monoisotopic (exact) mass is 287 g/mol. The lowest BCUT2D eigenvalue weighted by atomic mass is 10.2. The molecule has 0 aromatic carbocycles. The fraction of sp³-hybridized carbons (Fsp3) is 0.375. The quantitative estimate of drug-likeness (QED) is 0.850. The molecule has 112 valence electrons. The first-order chi connectivity index (χ1) is 10.2. The van der Waals surface area contributed by atoms with Crippen LogP contribution < -0.4 is 10.2 Å². The molecule has 0 fully saturated rings. The second-order valence-electron chi connectivity index (χ2n) is 4.94. The summed E-state index contributed by atoms with van der Waals surface area (Å²) in [7, 11) is 2.02. The smallest absolute Gasteiger partial charge is 0.270 e. The average Bonchev–Trinajstić information content (AvgIpc) is 3.03. The minimum absolute atomic E-state index is 0.197. The molecule has 1 amide bonds. The highest BCUT2D eigenvalue weighted by Crippen LogP contribution is 2.13. The van der Waals surface area contributed by atoms with Gasteiger partial charge in [-0.05, 0) is 30.7 Å². The lowest BCUT2D eigenvalue weighted by molar-refractivity contribution is 0.0943. The van der Waals surface area contributed by atoms with Crippen LogP contribution in [0.1, 0.15) is 36.0 Å². The van der Waals surface area contributed by atoms with Crippen LogP contribution in [-0.2, 0) is 6.54 Å². The van der Waals surface area contributed by atoms with Crippen molar-refractivity contribution in [3.63, 3.8) is 0 Å². The molecule has 0 saturated carbocycles. The molecular weight excluding hydrogens is 266 g/mol. The standard InChI is InChI=1S/C16H21N3O2/c1-3-4-9-19(2)13-7-8-17-15(11-13)16(20)18-12-14-6-5-10-21-14/h5-8,10-11H,3-4,9,12H2,1-2H3,(H,18,20). The number of furan rings is 1. The van der Waals surface area contributed by atoms with Crippen molar-refractivity contribution in [3.8, 4) is 0 Å². The van der Waals surface area contributed by atoms with Crippen molar-refractivity contribution in [1.29, 1.82) is 0 Å². The van der Waals surface area contributed by atoms with Gasteiger partial charge in [-0.1, -0.05) is 13.3 Å². The Morgan fingerprint density at radius 1 is 1.43 bits per heavy atom. The largest absolute Gasteiger partial charge is 0.467 e. The average molecular weight is 287 g/mol. The number of nitrogens with zero attached hydrogens (tertiary/aromatic N) is 2. The van der Waals surface area contributed by atoms with Crippen LogP contribution in [0.2, 0.25) is 0 Å². The van der Waals surface area contributed by atoms with E-state index in [2.05, 4.69) is 22.1 Å². The van der Waals surface area contributed by atoms with Crippen molar-refractivity contribution in [2.75, 3.05) is 18.5 Å². The van der Waals surface area contributed by atoms with Crippen molar-refractivity contribution in [3.05, 3.63) is 48.2 Å². The molecule has 0 aliphatic carbocycles. The van der Waals surface area contributed by atoms with E-state index >= 15 is 0 Å². The van der Waals surface area contributed by atoms with Crippen molar-refractivity contribution < 1.29 is 9.21 Å². The summed E-state index contributed by atoms with van der Waals surface area (Å²) in [6, 6.07) is 7.35. The number of hydrogen-bond donors (Lipinski definition) is 1. The maximum Gasteiger partial charge on any atom is 0.270 e. The molecule has 21 heavy (non-hydrogen) atoms. The predicted octanol–water partition coefficient (Wildman–Crippen LogP) is 2.84. The Kier molecular flexibility index (Phi) is 5.37. The Labute approximate surface area is 125 Å². The number of nitrogens with one attached hydrogen (secondary N) is 1. The third kappa shape index (κ3) is 4.34. The molecule has 0 aliphatic rings. The van der Waals surface area contributed by atoms with Gasteiger partial charge >= 0.3 is 0 Å². The number of amides is 1. The number of carbonyl (C=O) groups is 1. The van der Waals surface area contributed by atoms with Crippen LogP contribution in [0.3, 0.4) is 0 Å². The minimum Gasteiger partial charge on any atom is -0.467 e. The summed E-state index contributed by atoms with van der Waals surface area (Å²) in [6.07, 6.45) is 5.52. The highest BCUT2D eigenvalue weighted by Gasteiger charge is 2.10. The molecule has 5 heteroatoms. The van der Waals surface area contributed by atoms with Crippen LogP contribution in [-0.4, -0.2) is 24.5 Å². The van der Waals surface area contributed by atoms with Crippen LogP contribution >= 0.6 is 0 Å². The van der Waals surface area contributed by atoms with Gasteiger partial charge in [0.2, 0.25) is 0 Å². The Balaban J connectivity index is 1.97. The number of unbranched alkanes of at least 4 members (excludes halogenated alkanes) is 1. The van der Waals surface area contributed by atoms with Gasteiger partial charge in [-0.25, -0.2) is 0 Å². The third-order valence-corrected chi connectivity index (χ3v) is 3.27. The van der Waals surface area contributed by atoms with E-state index in [-0.39, 0.29) is 5.91 Å². The van der Waals surface area contributed by atoms with Gasteiger partial charge in [-0.3, -0.25) is 9.78 Å². The lowest BCUT2D eigenvalue weighted by Crippen LogP contribution is -2.24. The van der Waals surface area contributed by atoms with Crippen LogP contribution in [0.15, 0.2) is 41.1 Å². The number of anilines is 1. The number of carbonyl (C=O) groups excluding carboxylic acids is 1. The first-order valence-electron chi connectivity index (χ1n) is 7.18. The van der Waals surface area contributed by atoms with Gasteiger partial charge < -0.3 is 14.6 Å². The number of pyridine rings is 1. The Hall–Kier alpha value is -2.30. The molecule has 0 aliphatic heterocycles. The summed E-state index contributed by atoms with van der Waals surface area (Å²) >= 11 is 0. The van der Waals surface area contributed by atoms with E-state index in [9.17, 15) is 4.79 Å². The molecule has 5 nitrogen and oxygen atoms in total. The third-order valence-electron chi connectivity index (χ3n) is 3.27. The van der Waals surface area contributed by atoms with Gasteiger partial charge in [0.25, 0.3) is 5.91 Å². The van der Waals surface area contributed by atoms with Gasteiger partial charge in [-0.15, -0.1) is 0 Å². The molecule has 1 N–H and O–H groups in total. The van der Waals surface area contributed by atoms with Crippen molar-refractivity contribution in [1.82, 2.24) is 10.3 Å². The summed E-state index contributed by atoms with van der Waals surface area (Å²) in [5.74, 6) is 0.525. The molecule has 2 rings (SSSR count). The summed E-state index contributed by atoms with van der Waals surface area (Å²) in [5.41, 5.74) is 1.42. The van der Waals surface area contributed by atoms with Gasteiger partial charge in [0.15, 0.2) is 0 Å². The molecule has 0 saturated heterocycles. The molecule has 0 radical (unpaired) electrons. The molecule has 2 heterocycles. The normalized spacial score (nSPS) is 10.4. The van der Waals surface area contributed by atoms with E-state index in [0.29, 0.717) is 12.2 Å². The molecule has 0 spiro atoms. The predicted molar refractivity (Wildman–Crippen MR) is 82.3 cm³/mol. The van der Waals surface area contributed by atoms with E-state index < -0.39 is 0 Å². The van der Waals surface area contributed by atoms with E-state index in [1.165, 1.54) is 0 Å². The molecule has 0 bridgehead atoms. The summed E-state index contributed by atoms with van der Waals surface area (Å²) < 4.78 is 5.18. The second-order valence-corrected chi connectivity index (χ2v) is 4.94. The summed E-state index contributed by atoms with van der Waals surface area (Å²) in [4.78, 5) is 18.4. The van der Waals surface area contributed by atoms with E-state index in [0.717, 1.165) is 30.8 Å². The molecular formula is C16H21N3O2. The van der Waals surface area contributed by atoms with E-state index in [1.54, 1.807) is 18.5 Å². The van der Waals surface area contributed by atoms with Crippen molar-refractivity contribution in [2.45, 2.75) is 26.3 Å². The zero-order valence-electron chi connectivity index (χ0n) is 12.5. The number of rotatable bonds is 7. The fourth-order valence-electron chi connectivity index (χ4n) is 1.98. The highest BCUT2D eigenvalue weighted by molar-refractivity contribution is 5.93. The molecule has 0 unspecified atom stereocenters. The molecule has 0 atom stereocenters. The minimum atomic E-state index is -0.197. The van der Waals surface area contributed by atoms with Crippen LogP contribution in [0.25, 0.3) is 0 Å². The second kappa shape index (κ2) is 7.47. The Bertz CT molecular complexity index is 567. The summed E-state index contributed by atoms with van der Waals surface area (Å²) in [5, 5.41) is 2.80. The van der Waals surface area contributed by atoms with Gasteiger partial charge in [0.05, 0.1) is 12.8 Å². The van der Waals surface area contributed by atoms with Gasteiger partial charge in [0.1, 0.15) is 11.5 Å². The zero-order chi connectivity index (χ0) is 15.1. The Morgan fingerprint density at radius 2 is 2.29 bits per heavy atom. The Morgan fingerprint density at radius 3 is 3.00 bits per heavy atom. The maximum absolute atomic E-state index is 12.1. The van der Waals surface area contributed by atoms with Crippen LogP contribution in [0.5, 0.6) is 0 Å². The topological polar surface area (TPSA) is 58.4 Å². The van der Waals surface area contributed by atoms with Crippen molar-refractivity contribution >= 4 is 11.6 Å². The molecule has 2 aromatic rings. The zero-order valence-corrected chi connectivity index (χ0v) is 12.5. The maximum atomic E-state index is 12.1. The first kappa shape index (κ1) is 15.1. The number of hydrogen-bond acceptors (Lipinski definition) is 4. The van der Waals surface area contributed by atoms with Gasteiger partial charge in [0, 0.05) is 25.5 Å². The number of aromatic nitrogens is 1. The SMILES string of the molecule is CCCCN(C)c1ccnc(C(=O)NCc2ccco2)c1. The van der Waals surface area contributed by atoms with Gasteiger partial charge in [-0.2, -0.15) is 0 Å². The molecule has 2 aromatic heterocycles.